The van der Waals surface area contributed by atoms with Gasteiger partial charge in [0.2, 0.25) is 0 Å². The van der Waals surface area contributed by atoms with Crippen LogP contribution in [0.2, 0.25) is 0 Å². The van der Waals surface area contributed by atoms with Gasteiger partial charge in [0.15, 0.2) is 0 Å². The van der Waals surface area contributed by atoms with Crippen molar-refractivity contribution in [3.8, 4) is 0 Å². The van der Waals surface area contributed by atoms with Crippen LogP contribution in [0.4, 0.5) is 0 Å². The Morgan fingerprint density at radius 3 is 0.754 bits per heavy atom. The molecular weight excluding hydrogens is 857 g/mol. The first-order valence-electron chi connectivity index (χ1n) is 24.1. The largest absolute Gasteiger partial charge is 0.345 e. The van der Waals surface area contributed by atoms with Crippen molar-refractivity contribution in [1.82, 2.24) is 18.3 Å². The smallest absolute Gasteiger partial charge is 0.0486 e. The van der Waals surface area contributed by atoms with Crippen LogP contribution in [-0.4, -0.2) is 18.3 Å². The molecule has 0 fully saturated rings. The first-order chi connectivity index (χ1) is 30.0. The molecule has 4 nitrogen and oxygen atoms in total. The average molecular weight is 942 g/mol. The Hall–Kier alpha value is -4.48. The molecule has 8 rings (SSSR count). The third-order valence-electron chi connectivity index (χ3n) is 12.6. The quantitative estimate of drug-likeness (QED) is 0.145. The summed E-state index contributed by atoms with van der Waals surface area (Å²) in [6, 6.07) is 28.9. The molecule has 0 spiro atoms. The first-order valence-corrected chi connectivity index (χ1v) is 24.9. The summed E-state index contributed by atoms with van der Waals surface area (Å²) >= 11 is 3.55. The Balaban J connectivity index is 0.000000189. The zero-order valence-electron chi connectivity index (χ0n) is 43.0. The van der Waals surface area contributed by atoms with Gasteiger partial charge in [0, 0.05) is 97.0 Å². The number of hydrogen-bond acceptors (Lipinski definition) is 0. The van der Waals surface area contributed by atoms with Gasteiger partial charge < -0.3 is 18.3 Å². The van der Waals surface area contributed by atoms with Crippen LogP contribution in [0.15, 0.2) is 102 Å². The lowest BCUT2D eigenvalue weighted by Gasteiger charge is -2.08. The van der Waals surface area contributed by atoms with Gasteiger partial charge in [-0.15, -0.1) is 0 Å². The molecule has 0 saturated heterocycles. The minimum absolute atomic E-state index is 0. The Kier molecular flexibility index (Phi) is 18.3. The summed E-state index contributed by atoms with van der Waals surface area (Å²) < 4.78 is 10.7. The van der Waals surface area contributed by atoms with Crippen LogP contribution in [0, 0.1) is 20.8 Å². The normalized spacial score (nSPS) is 11.8. The molecule has 0 atom stereocenters. The predicted octanol–water partition coefficient (Wildman–Crippen LogP) is 19.7. The second-order valence-corrected chi connectivity index (χ2v) is 21.6. The van der Waals surface area contributed by atoms with Crippen molar-refractivity contribution < 1.29 is 0 Å². The fourth-order valence-electron chi connectivity index (χ4n) is 8.99. The van der Waals surface area contributed by atoms with Crippen LogP contribution in [0.25, 0.3) is 43.6 Å². The first kappa shape index (κ1) is 53.1. The molecule has 4 aromatic carbocycles. The van der Waals surface area contributed by atoms with Crippen LogP contribution < -0.4 is 0 Å². The molecule has 0 N–H and O–H groups in total. The minimum Gasteiger partial charge on any atom is -0.345 e. The highest BCUT2D eigenvalue weighted by Crippen LogP contribution is 2.34. The maximum absolute atomic E-state index is 3.55. The molecule has 4 heterocycles. The lowest BCUT2D eigenvalue weighted by Crippen LogP contribution is -1.97. The van der Waals surface area contributed by atoms with Crippen LogP contribution in [0.1, 0.15) is 205 Å². The van der Waals surface area contributed by atoms with E-state index in [0.717, 1.165) is 4.47 Å². The Morgan fingerprint density at radius 2 is 0.538 bits per heavy atom. The molecule has 352 valence electrons. The van der Waals surface area contributed by atoms with Crippen molar-refractivity contribution in [3.05, 3.63) is 141 Å². The molecule has 0 aliphatic heterocycles. The van der Waals surface area contributed by atoms with Crippen LogP contribution in [-0.2, 0) is 0 Å². The maximum Gasteiger partial charge on any atom is 0.0486 e. The fourth-order valence-corrected chi connectivity index (χ4v) is 9.35. The van der Waals surface area contributed by atoms with Gasteiger partial charge in [-0.25, -0.2) is 0 Å². The van der Waals surface area contributed by atoms with E-state index < -0.39 is 0 Å². The minimum atomic E-state index is 0. The van der Waals surface area contributed by atoms with Crippen molar-refractivity contribution >= 4 is 59.5 Å². The lowest BCUT2D eigenvalue weighted by molar-refractivity contribution is 0.619. The summed E-state index contributed by atoms with van der Waals surface area (Å²) in [6.45, 7) is 42.5. The van der Waals surface area contributed by atoms with E-state index in [0.29, 0.717) is 47.8 Å². The van der Waals surface area contributed by atoms with E-state index in [1.807, 2.05) is 0 Å². The summed E-state index contributed by atoms with van der Waals surface area (Å²) in [6.07, 6.45) is 9.25. The van der Waals surface area contributed by atoms with Gasteiger partial charge in [-0.3, -0.25) is 0 Å². The van der Waals surface area contributed by atoms with Gasteiger partial charge >= 0.3 is 0 Å². The number of aryl methyl sites for hydroxylation is 3. The number of fused-ring (bicyclic) bond motifs is 4. The fraction of sp³-hybridized carbons (Fsp3) is 0.467. The number of benzene rings is 4. The van der Waals surface area contributed by atoms with Gasteiger partial charge in [-0.1, -0.05) is 114 Å². The van der Waals surface area contributed by atoms with E-state index >= 15 is 0 Å². The van der Waals surface area contributed by atoms with E-state index in [-0.39, 0.29) is 7.43 Å². The molecule has 0 amide bonds. The SMILES string of the molecule is C.CC(C)c1cn(C(C)C)c2ccc(Br)cc12.Cc1ccc2c(c1)c(C(C)C)cn2C(C)C.Cc1ccc2c(c1)c(C(C)C)cn2C(C)C.Cc1ccc2c(c1)c(C(C)C)cn2C(C)C. The van der Waals surface area contributed by atoms with E-state index in [1.165, 1.54) is 82.6 Å². The molecule has 0 radical (unpaired) electrons. The Morgan fingerprint density at radius 1 is 0.323 bits per heavy atom. The van der Waals surface area contributed by atoms with Crippen molar-refractivity contribution in [1.29, 1.82) is 0 Å². The van der Waals surface area contributed by atoms with E-state index in [1.54, 1.807) is 0 Å². The zero-order valence-corrected chi connectivity index (χ0v) is 44.6. The predicted molar refractivity (Wildman–Crippen MR) is 294 cm³/mol. The summed E-state index contributed by atoms with van der Waals surface area (Å²) in [4.78, 5) is 0. The summed E-state index contributed by atoms with van der Waals surface area (Å²) in [5.74, 6) is 2.33. The van der Waals surface area contributed by atoms with Gasteiger partial charge in [-0.2, -0.15) is 0 Å². The molecule has 8 aromatic rings. The third-order valence-corrected chi connectivity index (χ3v) is 13.1. The highest BCUT2D eigenvalue weighted by Gasteiger charge is 2.16. The number of aromatic nitrogens is 4. The molecule has 0 bridgehead atoms. The Bertz CT molecular complexity index is 2400. The number of nitrogens with zero attached hydrogens (tertiary/aromatic N) is 4. The number of hydrogen-bond donors (Lipinski definition) is 0. The standard InChI is InChI=1S/3C15H21N.C14H18BrN.CH4/c3*1-10(2)14-9-16(11(3)4)15-7-6-12(5)8-13(14)15;1-9(2)13-8-16(10(3)4)14-6-5-11(15)7-12(13)14;/h3*6-11H,1-5H3;5-10H,1-4H3;1H4. The van der Waals surface area contributed by atoms with Crippen molar-refractivity contribution in [3.63, 3.8) is 0 Å². The van der Waals surface area contributed by atoms with Crippen LogP contribution in [0.3, 0.4) is 0 Å². The molecule has 5 heteroatoms. The summed E-state index contributed by atoms with van der Waals surface area (Å²) in [7, 11) is 0. The molecule has 4 aromatic heterocycles. The molecule has 0 aliphatic rings. The van der Waals surface area contributed by atoms with Gasteiger partial charge in [0.05, 0.1) is 0 Å². The third kappa shape index (κ3) is 12.1. The molecule has 0 unspecified atom stereocenters. The van der Waals surface area contributed by atoms with E-state index in [2.05, 4.69) is 263 Å². The topological polar surface area (TPSA) is 19.7 Å². The number of halogens is 1. The molecular formula is C60H85BrN4. The van der Waals surface area contributed by atoms with Crippen molar-refractivity contribution in [2.45, 2.75) is 187 Å². The summed E-state index contributed by atoms with van der Waals surface area (Å²) in [5.41, 5.74) is 15.3. The maximum atomic E-state index is 3.55. The van der Waals surface area contributed by atoms with Crippen molar-refractivity contribution in [2.75, 3.05) is 0 Å². The molecule has 65 heavy (non-hydrogen) atoms. The van der Waals surface area contributed by atoms with Crippen molar-refractivity contribution in [2.24, 2.45) is 0 Å². The monoisotopic (exact) mass is 941 g/mol. The second kappa shape index (κ2) is 22.3. The zero-order chi connectivity index (χ0) is 47.5. The van der Waals surface area contributed by atoms with Gasteiger partial charge in [0.1, 0.15) is 0 Å². The lowest BCUT2D eigenvalue weighted by atomic mass is 10.0. The number of rotatable bonds is 8. The molecule has 0 saturated carbocycles. The highest BCUT2D eigenvalue weighted by atomic mass is 79.9. The summed E-state index contributed by atoms with van der Waals surface area (Å²) in [5, 5.41) is 5.63. The van der Waals surface area contributed by atoms with Crippen LogP contribution >= 0.6 is 15.9 Å². The molecule has 0 aliphatic carbocycles. The van der Waals surface area contributed by atoms with E-state index in [4.69, 9.17) is 0 Å². The van der Waals surface area contributed by atoms with Crippen LogP contribution in [0.5, 0.6) is 0 Å². The average Bonchev–Trinajstić information content (AvgIpc) is 3.98. The van der Waals surface area contributed by atoms with Gasteiger partial charge in [0.25, 0.3) is 0 Å². The second-order valence-electron chi connectivity index (χ2n) is 20.7. The Labute approximate surface area is 403 Å². The highest BCUT2D eigenvalue weighted by molar-refractivity contribution is 9.10. The van der Waals surface area contributed by atoms with E-state index in [9.17, 15) is 0 Å². The van der Waals surface area contributed by atoms with Gasteiger partial charge in [-0.05, 0) is 177 Å².